The third kappa shape index (κ3) is 2.07. The molecule has 0 atom stereocenters. The predicted octanol–water partition coefficient (Wildman–Crippen LogP) is 0.111. The van der Waals surface area contributed by atoms with E-state index in [2.05, 4.69) is 5.16 Å². The number of sulfonamides is 1. The van der Waals surface area contributed by atoms with Crippen LogP contribution in [-0.2, 0) is 14.8 Å². The molecule has 0 aliphatic rings. The Morgan fingerprint density at radius 2 is 2.07 bits per heavy atom. The molecule has 0 aliphatic heterocycles. The lowest BCUT2D eigenvalue weighted by atomic mass is 10.4. The van der Waals surface area contributed by atoms with Crippen molar-refractivity contribution in [3.05, 3.63) is 11.5 Å². The average Bonchev–Trinajstić information content (AvgIpc) is 2.46. The molecule has 0 radical (unpaired) electrons. The van der Waals surface area contributed by atoms with E-state index in [4.69, 9.17) is 4.52 Å². The Labute approximate surface area is 87.9 Å². The predicted molar refractivity (Wildman–Crippen MR) is 51.9 cm³/mol. The normalized spacial score (nSPS) is 12.0. The van der Waals surface area contributed by atoms with E-state index in [1.54, 1.807) is 0 Å². The van der Waals surface area contributed by atoms with Crippen LogP contribution < -0.4 is 0 Å². The second-order valence-corrected chi connectivity index (χ2v) is 5.09. The minimum absolute atomic E-state index is 0.0341. The van der Waals surface area contributed by atoms with Gasteiger partial charge in [-0.3, -0.25) is 0 Å². The van der Waals surface area contributed by atoms with Gasteiger partial charge in [-0.15, -0.1) is 0 Å². The lowest BCUT2D eigenvalue weighted by Gasteiger charge is -2.13. The van der Waals surface area contributed by atoms with Crippen molar-refractivity contribution < 1.29 is 17.7 Å². The molecule has 0 aliphatic carbocycles. The second kappa shape index (κ2) is 4.11. The first-order valence-electron chi connectivity index (χ1n) is 4.24. The van der Waals surface area contributed by atoms with E-state index in [9.17, 15) is 13.2 Å². The van der Waals surface area contributed by atoms with E-state index in [1.165, 1.54) is 20.9 Å². The molecule has 0 saturated carbocycles. The number of nitrogens with zero attached hydrogens (tertiary/aromatic N) is 2. The van der Waals surface area contributed by atoms with Crippen molar-refractivity contribution >= 4 is 16.3 Å². The molecular weight excluding hydrogens is 220 g/mol. The Morgan fingerprint density at radius 3 is 2.47 bits per heavy atom. The Morgan fingerprint density at radius 1 is 1.47 bits per heavy atom. The molecule has 0 spiro atoms. The van der Waals surface area contributed by atoms with Crippen LogP contribution >= 0.6 is 0 Å². The maximum absolute atomic E-state index is 11.9. The van der Waals surface area contributed by atoms with Gasteiger partial charge in [-0.25, -0.2) is 8.42 Å². The number of hydrogen-bond acceptors (Lipinski definition) is 5. The van der Waals surface area contributed by atoms with Gasteiger partial charge in [-0.2, -0.15) is 4.31 Å². The summed E-state index contributed by atoms with van der Waals surface area (Å²) in [5.74, 6) is 0.227. The van der Waals surface area contributed by atoms with Crippen LogP contribution in [-0.4, -0.2) is 37.8 Å². The molecule has 1 aromatic heterocycles. The smallest absolute Gasteiger partial charge is 0.248 e. The highest BCUT2D eigenvalue weighted by Crippen LogP contribution is 2.21. The van der Waals surface area contributed by atoms with Crippen molar-refractivity contribution in [1.29, 1.82) is 0 Å². The van der Waals surface area contributed by atoms with Crippen LogP contribution in [0.2, 0.25) is 0 Å². The van der Waals surface area contributed by atoms with Crippen molar-refractivity contribution in [2.45, 2.75) is 18.7 Å². The molecule has 15 heavy (non-hydrogen) atoms. The summed E-state index contributed by atoms with van der Waals surface area (Å²) in [6, 6.07) is 0. The zero-order valence-electron chi connectivity index (χ0n) is 8.72. The SMILES string of the molecule is Cc1noc(C)c1S(=O)(=O)N(C)CC=O. The van der Waals surface area contributed by atoms with Gasteiger partial charge in [0.25, 0.3) is 0 Å². The van der Waals surface area contributed by atoms with Crippen LogP contribution in [0.15, 0.2) is 9.42 Å². The number of likely N-dealkylation sites (N-methyl/N-ethyl adjacent to an activating group) is 1. The van der Waals surface area contributed by atoms with E-state index in [1.807, 2.05) is 0 Å². The number of aldehydes is 1. The highest BCUT2D eigenvalue weighted by molar-refractivity contribution is 7.89. The van der Waals surface area contributed by atoms with Crippen LogP contribution in [0.1, 0.15) is 11.5 Å². The number of carbonyl (C=O) groups is 1. The van der Waals surface area contributed by atoms with Crippen LogP contribution in [0.3, 0.4) is 0 Å². The van der Waals surface area contributed by atoms with Crippen LogP contribution in [0.25, 0.3) is 0 Å². The fourth-order valence-electron chi connectivity index (χ4n) is 1.20. The average molecular weight is 232 g/mol. The summed E-state index contributed by atoms with van der Waals surface area (Å²) in [5.41, 5.74) is 0.297. The fraction of sp³-hybridized carbons (Fsp3) is 0.500. The van der Waals surface area contributed by atoms with Gasteiger partial charge in [-0.1, -0.05) is 5.16 Å². The second-order valence-electron chi connectivity index (χ2n) is 3.11. The molecular formula is C8H12N2O4S. The molecule has 0 fully saturated rings. The zero-order chi connectivity index (χ0) is 11.6. The van der Waals surface area contributed by atoms with Gasteiger partial charge in [0, 0.05) is 7.05 Å². The maximum atomic E-state index is 11.9. The number of rotatable bonds is 4. The lowest BCUT2D eigenvalue weighted by molar-refractivity contribution is -0.107. The largest absolute Gasteiger partial charge is 0.360 e. The van der Waals surface area contributed by atoms with Crippen molar-refractivity contribution in [3.8, 4) is 0 Å². The summed E-state index contributed by atoms with van der Waals surface area (Å²) in [6.07, 6.45) is 0.524. The molecule has 0 bridgehead atoms. The van der Waals surface area contributed by atoms with Gasteiger partial charge < -0.3 is 9.32 Å². The van der Waals surface area contributed by atoms with Crippen molar-refractivity contribution in [2.75, 3.05) is 13.6 Å². The first-order valence-corrected chi connectivity index (χ1v) is 5.68. The van der Waals surface area contributed by atoms with Gasteiger partial charge in [-0.05, 0) is 13.8 Å². The van der Waals surface area contributed by atoms with E-state index < -0.39 is 10.0 Å². The summed E-state index contributed by atoms with van der Waals surface area (Å²) in [6.45, 7) is 2.87. The van der Waals surface area contributed by atoms with Gasteiger partial charge in [0.1, 0.15) is 16.9 Å². The van der Waals surface area contributed by atoms with Crippen molar-refractivity contribution in [3.63, 3.8) is 0 Å². The first kappa shape index (κ1) is 11.9. The van der Waals surface area contributed by atoms with Gasteiger partial charge in [0.05, 0.1) is 6.54 Å². The molecule has 6 nitrogen and oxygen atoms in total. The Hall–Kier alpha value is -1.21. The van der Waals surface area contributed by atoms with E-state index in [0.717, 1.165) is 4.31 Å². The quantitative estimate of drug-likeness (QED) is 0.688. The standard InChI is InChI=1S/C8H12N2O4S/c1-6-8(7(2)14-9-6)15(12,13)10(3)4-5-11/h5H,4H2,1-3H3. The van der Waals surface area contributed by atoms with Crippen LogP contribution in [0, 0.1) is 13.8 Å². The monoisotopic (exact) mass is 232 g/mol. The van der Waals surface area contributed by atoms with Crippen LogP contribution in [0.4, 0.5) is 0 Å². The third-order valence-corrected chi connectivity index (χ3v) is 4.04. The van der Waals surface area contributed by atoms with Gasteiger partial charge in [0.2, 0.25) is 10.0 Å². The minimum Gasteiger partial charge on any atom is -0.360 e. The summed E-state index contributed by atoms with van der Waals surface area (Å²) in [7, 11) is -2.34. The Kier molecular flexibility index (Phi) is 3.25. The summed E-state index contributed by atoms with van der Waals surface area (Å²) in [4.78, 5) is 10.3. The molecule has 1 heterocycles. The molecule has 0 saturated heterocycles. The summed E-state index contributed by atoms with van der Waals surface area (Å²) in [5, 5.41) is 3.56. The van der Waals surface area contributed by atoms with Gasteiger partial charge in [0.15, 0.2) is 5.76 Å². The molecule has 0 N–H and O–H groups in total. The number of aryl methyl sites for hydroxylation is 2. The van der Waals surface area contributed by atoms with Crippen LogP contribution in [0.5, 0.6) is 0 Å². The third-order valence-electron chi connectivity index (χ3n) is 1.97. The number of carbonyl (C=O) groups excluding carboxylic acids is 1. The van der Waals surface area contributed by atoms with Crippen molar-refractivity contribution in [1.82, 2.24) is 9.46 Å². The highest BCUT2D eigenvalue weighted by Gasteiger charge is 2.27. The first-order chi connectivity index (χ1) is 6.91. The molecule has 7 heteroatoms. The molecule has 84 valence electrons. The molecule has 0 aromatic carbocycles. The topological polar surface area (TPSA) is 80.5 Å². The molecule has 0 amide bonds. The highest BCUT2D eigenvalue weighted by atomic mass is 32.2. The summed E-state index contributed by atoms with van der Waals surface area (Å²) < 4.78 is 29.5. The Balaban J connectivity index is 3.22. The Bertz CT molecular complexity index is 443. The van der Waals surface area contributed by atoms with Gasteiger partial charge >= 0.3 is 0 Å². The van der Waals surface area contributed by atoms with Crippen molar-refractivity contribution in [2.24, 2.45) is 0 Å². The molecule has 1 rings (SSSR count). The lowest BCUT2D eigenvalue weighted by Crippen LogP contribution is -2.29. The summed E-state index contributed by atoms with van der Waals surface area (Å²) >= 11 is 0. The van der Waals surface area contributed by atoms with E-state index in [0.29, 0.717) is 12.0 Å². The number of aromatic nitrogens is 1. The zero-order valence-corrected chi connectivity index (χ0v) is 9.54. The molecule has 0 unspecified atom stereocenters. The fourth-order valence-corrected chi connectivity index (χ4v) is 2.58. The van der Waals surface area contributed by atoms with E-state index >= 15 is 0 Å². The van der Waals surface area contributed by atoms with E-state index in [-0.39, 0.29) is 17.2 Å². The number of hydrogen-bond donors (Lipinski definition) is 0. The molecule has 1 aromatic rings. The minimum atomic E-state index is -3.67. The maximum Gasteiger partial charge on any atom is 0.248 e.